The number of rotatable bonds is 4. The zero-order chi connectivity index (χ0) is 36.4. The Morgan fingerprint density at radius 1 is 0.837 bits per heavy atom. The average Bonchev–Trinajstić information content (AvgIpc) is 3.60. The van der Waals surface area contributed by atoms with E-state index in [1.807, 2.05) is 33.9 Å². The maximum absolute atomic E-state index is 9.47. The highest BCUT2D eigenvalue weighted by Gasteiger charge is 2.59. The number of aliphatic imine (C=N–C) groups is 1. The summed E-state index contributed by atoms with van der Waals surface area (Å²) in [6, 6.07) is 28.4. The molecule has 0 saturated heterocycles. The highest BCUT2D eigenvalue weighted by Crippen LogP contribution is 2.54. The van der Waals surface area contributed by atoms with E-state index in [0.29, 0.717) is 11.5 Å². The first-order valence-electron chi connectivity index (χ1n) is 18.5. The van der Waals surface area contributed by atoms with Crippen molar-refractivity contribution in [1.82, 2.24) is 9.55 Å². The van der Waals surface area contributed by atoms with E-state index in [4.69, 9.17) is 14.7 Å². The van der Waals surface area contributed by atoms with Crippen molar-refractivity contribution in [3.63, 3.8) is 0 Å². The lowest BCUT2D eigenvalue weighted by Crippen LogP contribution is -2.41. The standard InChI is InChI=1S/C45H47N3O/c1-26(2)31-20-32(42-47-45(10)38-15-12-28(4)29(5)37(38)25-44(45,9)49-42)22-34(21-31)48-40-16-11-27(3)19-36(40)35-14-13-30(23-41(35)48)39-24-33(17-18-46-39)43(6,7)8/h11-24,26H,25H2,1-10H3/t44-,45+/m0/s1/i25D2. The molecular formula is C45H47N3O. The van der Waals surface area contributed by atoms with Crippen LogP contribution in [0.4, 0.5) is 0 Å². The number of pyridine rings is 1. The van der Waals surface area contributed by atoms with Crippen molar-refractivity contribution < 1.29 is 7.48 Å². The van der Waals surface area contributed by atoms with Gasteiger partial charge in [-0.15, -0.1) is 0 Å². The second kappa shape index (κ2) is 10.6. The molecule has 0 unspecified atom stereocenters. The average molecular weight is 648 g/mol. The first-order chi connectivity index (χ1) is 23.9. The zero-order valence-electron chi connectivity index (χ0n) is 32.4. The number of aryl methyl sites for hydroxylation is 2. The molecule has 49 heavy (non-hydrogen) atoms. The molecule has 4 heteroatoms. The molecule has 248 valence electrons. The minimum atomic E-state index is -1.74. The molecule has 0 bridgehead atoms. The smallest absolute Gasteiger partial charge is 0.217 e. The van der Waals surface area contributed by atoms with E-state index < -0.39 is 17.5 Å². The van der Waals surface area contributed by atoms with E-state index in [-0.39, 0.29) is 11.3 Å². The molecule has 1 aliphatic carbocycles. The van der Waals surface area contributed by atoms with Gasteiger partial charge in [0.25, 0.3) is 0 Å². The molecule has 0 N–H and O–H groups in total. The summed E-state index contributed by atoms with van der Waals surface area (Å²) in [6.45, 7) is 21.2. The van der Waals surface area contributed by atoms with Gasteiger partial charge in [0, 0.05) is 42.9 Å². The van der Waals surface area contributed by atoms with E-state index in [1.165, 1.54) is 21.9 Å². The van der Waals surface area contributed by atoms with Gasteiger partial charge in [0.1, 0.15) is 11.1 Å². The van der Waals surface area contributed by atoms with Crippen molar-refractivity contribution >= 4 is 27.7 Å². The summed E-state index contributed by atoms with van der Waals surface area (Å²) in [6.07, 6.45) is 0.176. The molecule has 0 radical (unpaired) electrons. The summed E-state index contributed by atoms with van der Waals surface area (Å²) >= 11 is 0. The van der Waals surface area contributed by atoms with Gasteiger partial charge in [-0.05, 0) is 128 Å². The van der Waals surface area contributed by atoms with E-state index in [9.17, 15) is 2.74 Å². The van der Waals surface area contributed by atoms with Crippen LogP contribution in [0.2, 0.25) is 0 Å². The van der Waals surface area contributed by atoms with Crippen LogP contribution in [-0.2, 0) is 22.1 Å². The predicted octanol–water partition coefficient (Wildman–Crippen LogP) is 11.2. The molecule has 4 aromatic carbocycles. The summed E-state index contributed by atoms with van der Waals surface area (Å²) in [4.78, 5) is 10.1. The normalized spacial score (nSPS) is 21.8. The van der Waals surface area contributed by atoms with E-state index in [2.05, 4.69) is 125 Å². The van der Waals surface area contributed by atoms with E-state index in [0.717, 1.165) is 55.8 Å². The van der Waals surface area contributed by atoms with E-state index in [1.54, 1.807) is 0 Å². The van der Waals surface area contributed by atoms with Gasteiger partial charge in [-0.1, -0.05) is 70.5 Å². The lowest BCUT2D eigenvalue weighted by Gasteiger charge is -2.31. The molecule has 0 spiro atoms. The summed E-state index contributed by atoms with van der Waals surface area (Å²) in [5.74, 6) is 0.724. The van der Waals surface area contributed by atoms with Gasteiger partial charge in [0.2, 0.25) is 5.90 Å². The Bertz CT molecular complexity index is 2460. The van der Waals surface area contributed by atoms with Gasteiger partial charge >= 0.3 is 0 Å². The van der Waals surface area contributed by atoms with Crippen LogP contribution >= 0.6 is 0 Å². The van der Waals surface area contributed by atoms with Gasteiger partial charge in [-0.3, -0.25) is 4.98 Å². The van der Waals surface area contributed by atoms with Gasteiger partial charge in [-0.25, -0.2) is 4.99 Å². The third-order valence-corrected chi connectivity index (χ3v) is 11.1. The Morgan fingerprint density at radius 2 is 1.63 bits per heavy atom. The lowest BCUT2D eigenvalue weighted by atomic mass is 9.84. The molecule has 1 aliphatic heterocycles. The third-order valence-electron chi connectivity index (χ3n) is 11.1. The summed E-state index contributed by atoms with van der Waals surface area (Å²) in [5, 5.41) is 2.38. The largest absolute Gasteiger partial charge is 0.468 e. The second-order valence-corrected chi connectivity index (χ2v) is 15.9. The Labute approximate surface area is 293 Å². The molecule has 4 nitrogen and oxygen atoms in total. The number of hydrogen-bond donors (Lipinski definition) is 0. The van der Waals surface area contributed by atoms with Crippen LogP contribution < -0.4 is 0 Å². The zero-order valence-corrected chi connectivity index (χ0v) is 30.4. The lowest BCUT2D eigenvalue weighted by molar-refractivity contribution is 0.0475. The molecule has 3 heterocycles. The Morgan fingerprint density at radius 3 is 2.39 bits per heavy atom. The minimum absolute atomic E-state index is 0.0129. The molecule has 6 aromatic rings. The Balaban J connectivity index is 1.35. The fourth-order valence-corrected chi connectivity index (χ4v) is 7.68. The van der Waals surface area contributed by atoms with Crippen LogP contribution in [0.15, 0.2) is 90.1 Å². The van der Waals surface area contributed by atoms with Crippen LogP contribution in [0.1, 0.15) is 102 Å². The van der Waals surface area contributed by atoms with Crippen molar-refractivity contribution in [3.8, 4) is 16.9 Å². The fourth-order valence-electron chi connectivity index (χ4n) is 7.68. The number of nitrogens with zero attached hydrogens (tertiary/aromatic N) is 3. The molecule has 2 aliphatic rings. The van der Waals surface area contributed by atoms with Crippen molar-refractivity contribution in [2.45, 2.75) is 98.1 Å². The summed E-state index contributed by atoms with van der Waals surface area (Å²) in [7, 11) is 0. The number of hydrogen-bond acceptors (Lipinski definition) is 3. The molecule has 8 rings (SSSR count). The summed E-state index contributed by atoms with van der Waals surface area (Å²) in [5.41, 5.74) is 11.3. The van der Waals surface area contributed by atoms with Crippen molar-refractivity contribution in [2.75, 3.05) is 0 Å². The third kappa shape index (κ3) is 4.78. The number of aromatic nitrogens is 2. The summed E-state index contributed by atoms with van der Waals surface area (Å²) < 4.78 is 28.1. The van der Waals surface area contributed by atoms with Gasteiger partial charge in [0.05, 0.1) is 16.7 Å². The topological polar surface area (TPSA) is 39.4 Å². The molecule has 2 atom stereocenters. The van der Waals surface area contributed by atoms with Crippen molar-refractivity contribution in [1.29, 1.82) is 0 Å². The quantitative estimate of drug-likeness (QED) is 0.191. The molecule has 0 saturated carbocycles. The molecular weight excluding hydrogens is 599 g/mol. The fraction of sp³-hybridized carbons (Fsp3) is 0.333. The molecule has 0 amide bonds. The highest BCUT2D eigenvalue weighted by atomic mass is 16.5. The first kappa shape index (κ1) is 29.2. The molecule has 0 fully saturated rings. The van der Waals surface area contributed by atoms with Gasteiger partial charge in [-0.2, -0.15) is 0 Å². The number of fused-ring (bicyclic) bond motifs is 6. The number of ether oxygens (including phenoxy) is 1. The van der Waals surface area contributed by atoms with Crippen LogP contribution in [0, 0.1) is 20.8 Å². The van der Waals surface area contributed by atoms with Crippen LogP contribution in [-0.4, -0.2) is 21.0 Å². The Kier molecular flexibility index (Phi) is 6.35. The van der Waals surface area contributed by atoms with Crippen molar-refractivity contribution in [2.24, 2.45) is 4.99 Å². The van der Waals surface area contributed by atoms with Crippen LogP contribution in [0.3, 0.4) is 0 Å². The monoisotopic (exact) mass is 647 g/mol. The Hall–Kier alpha value is -4.70. The van der Waals surface area contributed by atoms with Gasteiger partial charge < -0.3 is 9.30 Å². The maximum atomic E-state index is 9.47. The maximum Gasteiger partial charge on any atom is 0.217 e. The first-order valence-corrected chi connectivity index (χ1v) is 17.5. The van der Waals surface area contributed by atoms with Crippen LogP contribution in [0.5, 0.6) is 0 Å². The second-order valence-electron chi connectivity index (χ2n) is 15.9. The highest BCUT2D eigenvalue weighted by molar-refractivity contribution is 6.10. The van der Waals surface area contributed by atoms with Crippen LogP contribution in [0.25, 0.3) is 38.8 Å². The number of benzene rings is 4. The van der Waals surface area contributed by atoms with E-state index >= 15 is 0 Å². The van der Waals surface area contributed by atoms with Gasteiger partial charge in [0.15, 0.2) is 0 Å². The SMILES string of the molecule is [2H]C1([2H])c2c(ccc(C)c2C)[C@@]2(C)N=C(c3cc(C(C)C)cc(-n4c5ccc(C)cc5c5ccc(-c6cc(C(C)(C)C)ccn6)cc54)c3)O[C@@]12C. The minimum Gasteiger partial charge on any atom is -0.468 e. The van der Waals surface area contributed by atoms with Crippen molar-refractivity contribution in [3.05, 3.63) is 130 Å². The predicted molar refractivity (Wildman–Crippen MR) is 205 cm³/mol. The molecule has 2 aromatic heterocycles.